The predicted octanol–water partition coefficient (Wildman–Crippen LogP) is 1.60. The predicted molar refractivity (Wildman–Crippen MR) is 128 cm³/mol. The molecule has 0 saturated carbocycles. The molecule has 33 heavy (non-hydrogen) atoms. The van der Waals surface area contributed by atoms with Gasteiger partial charge in [0.15, 0.2) is 5.78 Å². The third-order valence-electron chi connectivity index (χ3n) is 6.08. The molecule has 1 saturated heterocycles. The van der Waals surface area contributed by atoms with Crippen LogP contribution in [0.15, 0.2) is 51.6 Å². The number of anilines is 2. The molecule has 9 heteroatoms. The molecule has 4 rings (SSSR count). The fraction of sp³-hybridized carbons (Fsp3) is 0.458. The van der Waals surface area contributed by atoms with E-state index in [1.54, 1.807) is 24.1 Å². The second-order valence-electron chi connectivity index (χ2n) is 8.79. The molecule has 1 aromatic carbocycles. The minimum Gasteiger partial charge on any atom is -0.339 e. The highest BCUT2D eigenvalue weighted by Crippen LogP contribution is 2.36. The van der Waals surface area contributed by atoms with Crippen LogP contribution in [-0.2, 0) is 11.8 Å². The summed E-state index contributed by atoms with van der Waals surface area (Å²) in [5.41, 5.74) is 0.967. The number of carbonyl (C=O) groups excluding carboxylic acids is 1. The molecule has 0 amide bonds. The maximum atomic E-state index is 13.2. The second kappa shape index (κ2) is 9.76. The van der Waals surface area contributed by atoms with Crippen LogP contribution < -0.4 is 26.4 Å². The van der Waals surface area contributed by atoms with Crippen molar-refractivity contribution in [3.8, 4) is 0 Å². The topological polar surface area (TPSA) is 99.7 Å². The number of aromatic nitrogens is 2. The van der Waals surface area contributed by atoms with Crippen molar-refractivity contribution in [3.05, 3.63) is 68.4 Å². The van der Waals surface area contributed by atoms with Gasteiger partial charge in [0.2, 0.25) is 6.35 Å². The van der Waals surface area contributed by atoms with Crippen molar-refractivity contribution in [1.29, 1.82) is 0 Å². The summed E-state index contributed by atoms with van der Waals surface area (Å²) in [6, 6.07) is 9.21. The van der Waals surface area contributed by atoms with E-state index in [-0.39, 0.29) is 18.4 Å². The zero-order valence-corrected chi connectivity index (χ0v) is 19.3. The van der Waals surface area contributed by atoms with Gasteiger partial charge < -0.3 is 19.9 Å². The summed E-state index contributed by atoms with van der Waals surface area (Å²) in [5, 5.41) is 3.42. The Labute approximate surface area is 192 Å². The summed E-state index contributed by atoms with van der Waals surface area (Å²) in [4.78, 5) is 44.5. The highest BCUT2D eigenvalue weighted by Gasteiger charge is 2.42. The third kappa shape index (κ3) is 4.79. The van der Waals surface area contributed by atoms with Crippen LogP contribution in [0.1, 0.15) is 37.0 Å². The normalized spacial score (nSPS) is 19.6. The molecule has 2 N–H and O–H groups in total. The fourth-order valence-electron chi connectivity index (χ4n) is 4.33. The number of H-pyrrole nitrogens is 1. The number of nitrogens with one attached hydrogen (secondary N) is 2. The number of benzene rings is 1. The van der Waals surface area contributed by atoms with E-state index in [1.807, 2.05) is 43.0 Å². The highest BCUT2D eigenvalue weighted by atomic mass is 16.5. The Morgan fingerprint density at radius 3 is 2.61 bits per heavy atom. The van der Waals surface area contributed by atoms with Crippen LogP contribution in [-0.4, -0.2) is 54.0 Å². The summed E-state index contributed by atoms with van der Waals surface area (Å²) in [5.74, 6) is 0.269. The number of Topliss-reactive ketones (excluding diaryl/α,β-unsaturated/α-hetero) is 1. The van der Waals surface area contributed by atoms with E-state index in [4.69, 9.17) is 4.74 Å². The van der Waals surface area contributed by atoms with Gasteiger partial charge in [0, 0.05) is 25.2 Å². The van der Waals surface area contributed by atoms with Crippen molar-refractivity contribution in [2.24, 2.45) is 7.05 Å². The lowest BCUT2D eigenvalue weighted by atomic mass is 10.1. The van der Waals surface area contributed by atoms with E-state index in [2.05, 4.69) is 10.3 Å². The smallest absolute Gasteiger partial charge is 0.329 e. The summed E-state index contributed by atoms with van der Waals surface area (Å²) in [7, 11) is 1.59. The van der Waals surface area contributed by atoms with Crippen molar-refractivity contribution in [2.75, 3.05) is 36.0 Å². The minimum atomic E-state index is -0.695. The van der Waals surface area contributed by atoms with E-state index in [1.165, 1.54) is 4.57 Å². The summed E-state index contributed by atoms with van der Waals surface area (Å²) < 4.78 is 7.73. The molecule has 2 aromatic rings. The monoisotopic (exact) mass is 453 g/mol. The van der Waals surface area contributed by atoms with E-state index in [0.29, 0.717) is 30.2 Å². The molecule has 2 atom stereocenters. The Bertz CT molecular complexity index is 1140. The molecule has 3 heterocycles. The number of hydrogen-bond acceptors (Lipinski definition) is 7. The Morgan fingerprint density at radius 2 is 1.94 bits per heavy atom. The molecule has 0 aliphatic carbocycles. The summed E-state index contributed by atoms with van der Waals surface area (Å²) in [6.07, 6.45) is 3.40. The molecular weight excluding hydrogens is 422 g/mol. The van der Waals surface area contributed by atoms with E-state index in [0.717, 1.165) is 25.0 Å². The molecule has 0 radical (unpaired) electrons. The lowest BCUT2D eigenvalue weighted by Crippen LogP contribution is -2.49. The van der Waals surface area contributed by atoms with E-state index in [9.17, 15) is 14.4 Å². The molecule has 0 bridgehead atoms. The summed E-state index contributed by atoms with van der Waals surface area (Å²) in [6.45, 7) is 5.74. The van der Waals surface area contributed by atoms with Crippen molar-refractivity contribution in [2.45, 2.75) is 39.1 Å². The third-order valence-corrected chi connectivity index (χ3v) is 6.08. The van der Waals surface area contributed by atoms with Gasteiger partial charge in [0.25, 0.3) is 5.56 Å². The number of fused-ring (bicyclic) bond motifs is 1. The SMILES string of the molecule is CC(C)=CCN1c2c(n(C)c(=O)[nH]c2=O)N(CC(=O)c2ccccc2)[C@H]1OCC1CCCN1. The van der Waals surface area contributed by atoms with Crippen LogP contribution in [0.3, 0.4) is 0 Å². The molecule has 1 aromatic heterocycles. The van der Waals surface area contributed by atoms with E-state index >= 15 is 0 Å². The first-order valence-electron chi connectivity index (χ1n) is 11.3. The first-order chi connectivity index (χ1) is 15.9. The number of ketones is 1. The Kier molecular flexibility index (Phi) is 6.80. The fourth-order valence-corrected chi connectivity index (χ4v) is 4.33. The van der Waals surface area contributed by atoms with Crippen LogP contribution in [0.25, 0.3) is 0 Å². The van der Waals surface area contributed by atoms with Crippen molar-refractivity contribution < 1.29 is 9.53 Å². The molecule has 2 aliphatic rings. The molecule has 1 unspecified atom stereocenters. The molecule has 2 aliphatic heterocycles. The van der Waals surface area contributed by atoms with Crippen LogP contribution in [0, 0.1) is 0 Å². The lowest BCUT2D eigenvalue weighted by Gasteiger charge is -2.32. The minimum absolute atomic E-state index is 0.0260. The van der Waals surface area contributed by atoms with Crippen molar-refractivity contribution in [3.63, 3.8) is 0 Å². The van der Waals surface area contributed by atoms with Gasteiger partial charge in [-0.05, 0) is 33.2 Å². The number of rotatable bonds is 8. The van der Waals surface area contributed by atoms with Gasteiger partial charge >= 0.3 is 5.69 Å². The van der Waals surface area contributed by atoms with Crippen molar-refractivity contribution in [1.82, 2.24) is 14.9 Å². The Morgan fingerprint density at radius 1 is 1.18 bits per heavy atom. The van der Waals surface area contributed by atoms with Crippen molar-refractivity contribution >= 4 is 17.3 Å². The molecule has 1 fully saturated rings. The Balaban J connectivity index is 1.75. The zero-order valence-electron chi connectivity index (χ0n) is 19.3. The first kappa shape index (κ1) is 23.0. The van der Waals surface area contributed by atoms with Gasteiger partial charge in [0.1, 0.15) is 11.5 Å². The average Bonchev–Trinajstić information content (AvgIpc) is 3.41. The largest absolute Gasteiger partial charge is 0.339 e. The quantitative estimate of drug-likeness (QED) is 0.463. The first-order valence-corrected chi connectivity index (χ1v) is 11.3. The van der Waals surface area contributed by atoms with Crippen LogP contribution >= 0.6 is 0 Å². The number of aromatic amines is 1. The number of allylic oxidation sites excluding steroid dienone is 1. The standard InChI is InChI=1S/C24H31N5O4/c1-16(2)11-13-28-20-21(31)26-23(32)27(3)22(20)29(14-19(30)17-8-5-4-6-9-17)24(28)33-15-18-10-7-12-25-18/h4-6,8-9,11,18,24-25H,7,10,12-15H2,1-3H3,(H,26,31,32)/t18?,24-/m0/s1. The Hall–Kier alpha value is -3.17. The molecular formula is C24H31N5O4. The maximum absolute atomic E-state index is 13.2. The maximum Gasteiger partial charge on any atom is 0.329 e. The zero-order chi connectivity index (χ0) is 23.5. The molecule has 176 valence electrons. The number of hydrogen-bond donors (Lipinski definition) is 2. The van der Waals surface area contributed by atoms with Crippen LogP contribution in [0.4, 0.5) is 11.5 Å². The second-order valence-corrected chi connectivity index (χ2v) is 8.79. The van der Waals surface area contributed by atoms with E-state index < -0.39 is 17.6 Å². The average molecular weight is 454 g/mol. The number of ether oxygens (including phenoxy) is 1. The molecule has 9 nitrogen and oxygen atoms in total. The summed E-state index contributed by atoms with van der Waals surface area (Å²) >= 11 is 0. The van der Waals surface area contributed by atoms with Crippen LogP contribution in [0.5, 0.6) is 0 Å². The molecule has 0 spiro atoms. The highest BCUT2D eigenvalue weighted by molar-refractivity contribution is 6.00. The van der Waals surface area contributed by atoms with Crippen LogP contribution in [0.2, 0.25) is 0 Å². The van der Waals surface area contributed by atoms with Gasteiger partial charge in [-0.25, -0.2) is 4.79 Å². The van der Waals surface area contributed by atoms with Gasteiger partial charge in [-0.2, -0.15) is 0 Å². The van der Waals surface area contributed by atoms with Gasteiger partial charge in [-0.1, -0.05) is 42.0 Å². The van der Waals surface area contributed by atoms with Gasteiger partial charge in [0.05, 0.1) is 13.2 Å². The van der Waals surface area contributed by atoms with Gasteiger partial charge in [-0.15, -0.1) is 0 Å². The van der Waals surface area contributed by atoms with Gasteiger partial charge in [-0.3, -0.25) is 19.1 Å². The number of nitrogens with zero attached hydrogens (tertiary/aromatic N) is 3. The lowest BCUT2D eigenvalue weighted by molar-refractivity contribution is 0.0416. The number of carbonyl (C=O) groups is 1.